The number of nitrogens with one attached hydrogen (secondary N) is 3. The Morgan fingerprint density at radius 1 is 1.08 bits per heavy atom. The zero-order valence-electron chi connectivity index (χ0n) is 20.4. The Bertz CT molecular complexity index is 1640. The van der Waals surface area contributed by atoms with E-state index < -0.39 is 17.6 Å². The van der Waals surface area contributed by atoms with Gasteiger partial charge in [-0.2, -0.15) is 32.8 Å². The molecule has 1 saturated carbocycles. The van der Waals surface area contributed by atoms with Gasteiger partial charge < -0.3 is 10.6 Å². The highest BCUT2D eigenvalue weighted by Gasteiger charge is 2.30. The van der Waals surface area contributed by atoms with Crippen molar-refractivity contribution in [3.8, 4) is 11.1 Å². The second kappa shape index (κ2) is 9.53. The molecule has 198 valence electrons. The van der Waals surface area contributed by atoms with Crippen molar-refractivity contribution < 1.29 is 22.8 Å². The Hall–Kier alpha value is -4.74. The monoisotopic (exact) mass is 533 g/mol. The van der Waals surface area contributed by atoms with Gasteiger partial charge in [-0.15, -0.1) is 0 Å². The van der Waals surface area contributed by atoms with Gasteiger partial charge in [-0.3, -0.25) is 14.9 Å². The van der Waals surface area contributed by atoms with E-state index in [1.807, 2.05) is 12.1 Å². The first kappa shape index (κ1) is 24.6. The van der Waals surface area contributed by atoms with E-state index in [1.54, 1.807) is 35.0 Å². The molecule has 2 aromatic carbocycles. The van der Waals surface area contributed by atoms with Crippen molar-refractivity contribution in [1.29, 1.82) is 0 Å². The Morgan fingerprint density at radius 3 is 2.64 bits per heavy atom. The predicted octanol–water partition coefficient (Wildman–Crippen LogP) is 4.43. The molecule has 1 aliphatic carbocycles. The molecular formula is C27H22F3N7O2. The van der Waals surface area contributed by atoms with Crippen LogP contribution in [0.25, 0.3) is 22.9 Å². The summed E-state index contributed by atoms with van der Waals surface area (Å²) in [6, 6.07) is 12.7. The van der Waals surface area contributed by atoms with E-state index in [4.69, 9.17) is 0 Å². The van der Waals surface area contributed by atoms with Crippen molar-refractivity contribution in [3.63, 3.8) is 0 Å². The second-order valence-electron chi connectivity index (χ2n) is 9.44. The van der Waals surface area contributed by atoms with Crippen molar-refractivity contribution in [2.24, 2.45) is 0 Å². The lowest BCUT2D eigenvalue weighted by Crippen LogP contribution is -2.19. The van der Waals surface area contributed by atoms with Gasteiger partial charge in [-0.1, -0.05) is 36.4 Å². The number of nitrogens with zero attached hydrogens (tertiary/aromatic N) is 4. The fourth-order valence-corrected chi connectivity index (χ4v) is 4.38. The van der Waals surface area contributed by atoms with Crippen molar-refractivity contribution in [2.75, 3.05) is 10.6 Å². The Morgan fingerprint density at radius 2 is 1.90 bits per heavy atom. The molecule has 2 amide bonds. The number of amides is 2. The minimum atomic E-state index is -4.44. The molecule has 0 unspecified atom stereocenters. The highest BCUT2D eigenvalue weighted by molar-refractivity contribution is 6.15. The molecule has 39 heavy (non-hydrogen) atoms. The van der Waals surface area contributed by atoms with Crippen LogP contribution in [0.5, 0.6) is 0 Å². The number of aromatic nitrogens is 4. The van der Waals surface area contributed by atoms with E-state index in [9.17, 15) is 22.8 Å². The third-order valence-corrected chi connectivity index (χ3v) is 6.49. The van der Waals surface area contributed by atoms with Gasteiger partial charge in [-0.25, -0.2) is 0 Å². The molecular weight excluding hydrogens is 511 g/mol. The summed E-state index contributed by atoms with van der Waals surface area (Å²) in [5, 5.41) is 13.2. The van der Waals surface area contributed by atoms with Gasteiger partial charge in [0, 0.05) is 23.7 Å². The second-order valence-corrected chi connectivity index (χ2v) is 9.44. The summed E-state index contributed by atoms with van der Waals surface area (Å²) in [7, 11) is 0. The van der Waals surface area contributed by atoms with Gasteiger partial charge in [0.2, 0.25) is 17.8 Å². The van der Waals surface area contributed by atoms with Crippen LogP contribution in [-0.2, 0) is 22.3 Å². The molecule has 9 nitrogen and oxygen atoms in total. The number of alkyl halides is 3. The molecule has 2 fully saturated rings. The van der Waals surface area contributed by atoms with Crippen LogP contribution in [0, 0.1) is 0 Å². The van der Waals surface area contributed by atoms with Crippen molar-refractivity contribution in [2.45, 2.75) is 38.0 Å². The number of anilines is 2. The SMILES string of the molecule is O=C1C/C(=C\c2cnn3c(NC4CC4)nc(NCc4ccccc4-c4cccc(C(F)(F)F)c4)nc23)C(=O)N1. The van der Waals surface area contributed by atoms with E-state index in [1.165, 1.54) is 6.07 Å². The van der Waals surface area contributed by atoms with Gasteiger partial charge in [0.05, 0.1) is 18.2 Å². The zero-order chi connectivity index (χ0) is 27.1. The lowest BCUT2D eigenvalue weighted by atomic mass is 9.98. The number of imide groups is 1. The van der Waals surface area contributed by atoms with Crippen LogP contribution in [0.3, 0.4) is 0 Å². The van der Waals surface area contributed by atoms with Crippen LogP contribution in [0.2, 0.25) is 0 Å². The third kappa shape index (κ3) is 5.17. The fraction of sp³-hybridized carbons (Fsp3) is 0.222. The first-order chi connectivity index (χ1) is 18.7. The molecule has 3 N–H and O–H groups in total. The minimum Gasteiger partial charge on any atom is -0.351 e. The molecule has 1 saturated heterocycles. The van der Waals surface area contributed by atoms with E-state index in [2.05, 4.69) is 31.0 Å². The number of benzene rings is 2. The van der Waals surface area contributed by atoms with E-state index in [0.29, 0.717) is 33.9 Å². The van der Waals surface area contributed by atoms with Crippen LogP contribution in [-0.4, -0.2) is 37.4 Å². The first-order valence-corrected chi connectivity index (χ1v) is 12.3. The van der Waals surface area contributed by atoms with E-state index >= 15 is 0 Å². The average Bonchev–Trinajstić information content (AvgIpc) is 3.55. The first-order valence-electron chi connectivity index (χ1n) is 12.3. The topological polar surface area (TPSA) is 113 Å². The van der Waals surface area contributed by atoms with Crippen LogP contribution >= 0.6 is 0 Å². The van der Waals surface area contributed by atoms with Gasteiger partial charge >= 0.3 is 6.18 Å². The molecule has 12 heteroatoms. The lowest BCUT2D eigenvalue weighted by Gasteiger charge is -2.14. The maximum atomic E-state index is 13.3. The number of hydrogen-bond acceptors (Lipinski definition) is 7. The smallest absolute Gasteiger partial charge is 0.351 e. The number of hydrogen-bond donors (Lipinski definition) is 3. The molecule has 1 aliphatic heterocycles. The largest absolute Gasteiger partial charge is 0.416 e. The maximum Gasteiger partial charge on any atom is 0.416 e. The molecule has 0 bridgehead atoms. The van der Waals surface area contributed by atoms with E-state index in [0.717, 1.165) is 30.5 Å². The Labute approximate surface area is 220 Å². The standard InChI is InChI=1S/C27H22F3N7O2/c28-27(29,30)19-6-3-5-15(11-19)21-7-2-1-4-16(21)13-31-25-35-23-18(10-17-12-22(38)34-24(17)39)14-32-37(23)26(36-25)33-20-8-9-20/h1-7,10-11,14,20H,8-9,12-13H2,(H,34,38,39)(H2,31,33,35,36)/b17-10+. The normalized spacial score (nSPS) is 16.6. The highest BCUT2D eigenvalue weighted by Crippen LogP contribution is 2.33. The van der Waals surface area contributed by atoms with Gasteiger partial charge in [0.15, 0.2) is 5.65 Å². The fourth-order valence-electron chi connectivity index (χ4n) is 4.38. The van der Waals surface area contributed by atoms with Crippen LogP contribution in [0.4, 0.5) is 25.1 Å². The summed E-state index contributed by atoms with van der Waals surface area (Å²) in [6.45, 7) is 0.243. The third-order valence-electron chi connectivity index (χ3n) is 6.49. The quantitative estimate of drug-likeness (QED) is 0.238. The zero-order valence-corrected chi connectivity index (χ0v) is 20.4. The molecule has 2 aliphatic rings. The summed E-state index contributed by atoms with van der Waals surface area (Å²) in [5.41, 5.74) is 2.44. The number of carbonyl (C=O) groups excluding carboxylic acids is 2. The van der Waals surface area contributed by atoms with Crippen LogP contribution in [0.15, 0.2) is 60.3 Å². The lowest BCUT2D eigenvalue weighted by molar-refractivity contribution is -0.137. The molecule has 0 radical (unpaired) electrons. The molecule has 0 atom stereocenters. The Balaban J connectivity index is 1.33. The number of fused-ring (bicyclic) bond motifs is 1. The van der Waals surface area contributed by atoms with Crippen molar-refractivity contribution >= 4 is 35.4 Å². The number of halogens is 3. The summed E-state index contributed by atoms with van der Waals surface area (Å²) in [4.78, 5) is 32.9. The maximum absolute atomic E-state index is 13.3. The predicted molar refractivity (Wildman–Crippen MR) is 137 cm³/mol. The molecule has 0 spiro atoms. The molecule has 6 rings (SSSR count). The highest BCUT2D eigenvalue weighted by atomic mass is 19.4. The van der Waals surface area contributed by atoms with Crippen LogP contribution in [0.1, 0.15) is 36.0 Å². The summed E-state index contributed by atoms with van der Waals surface area (Å²) < 4.78 is 41.5. The van der Waals surface area contributed by atoms with E-state index in [-0.39, 0.29) is 30.9 Å². The number of carbonyl (C=O) groups is 2. The summed E-state index contributed by atoms with van der Waals surface area (Å²) in [5.74, 6) is -0.0751. The molecule has 3 heterocycles. The minimum absolute atomic E-state index is 0.0220. The average molecular weight is 534 g/mol. The number of rotatable bonds is 7. The van der Waals surface area contributed by atoms with Gasteiger partial charge in [0.25, 0.3) is 5.91 Å². The van der Waals surface area contributed by atoms with Crippen LogP contribution < -0.4 is 16.0 Å². The molecule has 4 aromatic rings. The Kier molecular flexibility index (Phi) is 6.01. The molecule has 2 aromatic heterocycles. The van der Waals surface area contributed by atoms with Gasteiger partial charge in [0.1, 0.15) is 0 Å². The van der Waals surface area contributed by atoms with Crippen molar-refractivity contribution in [1.82, 2.24) is 24.9 Å². The van der Waals surface area contributed by atoms with Gasteiger partial charge in [-0.05, 0) is 47.7 Å². The van der Waals surface area contributed by atoms with Crippen molar-refractivity contribution in [3.05, 3.63) is 77.0 Å². The summed E-state index contributed by atoms with van der Waals surface area (Å²) in [6.07, 6.45) is 0.674. The summed E-state index contributed by atoms with van der Waals surface area (Å²) >= 11 is 0.